The molecular formula is C19H28N2O3. The van der Waals surface area contributed by atoms with E-state index >= 15 is 0 Å². The van der Waals surface area contributed by atoms with Crippen LogP contribution in [-0.2, 0) is 16.1 Å². The van der Waals surface area contributed by atoms with Crippen molar-refractivity contribution in [2.75, 3.05) is 19.7 Å². The Morgan fingerprint density at radius 2 is 2.08 bits per heavy atom. The lowest BCUT2D eigenvalue weighted by Gasteiger charge is -2.39. The Balaban J connectivity index is 1.87. The molecule has 24 heavy (non-hydrogen) atoms. The van der Waals surface area contributed by atoms with Crippen molar-refractivity contribution in [2.24, 2.45) is 0 Å². The van der Waals surface area contributed by atoms with Gasteiger partial charge in [0.15, 0.2) is 0 Å². The van der Waals surface area contributed by atoms with Crippen molar-refractivity contribution in [1.82, 2.24) is 10.2 Å². The second-order valence-electron chi connectivity index (χ2n) is 7.04. The van der Waals surface area contributed by atoms with Gasteiger partial charge in [-0.3, -0.25) is 4.90 Å². The SMILES string of the molecule is C=CC1CNC(COCc2ccccc2)CN1C(=O)OC(C)(C)C. The van der Waals surface area contributed by atoms with Gasteiger partial charge in [-0.2, -0.15) is 0 Å². The average Bonchev–Trinajstić information content (AvgIpc) is 2.54. The summed E-state index contributed by atoms with van der Waals surface area (Å²) in [6.45, 7) is 11.7. The minimum Gasteiger partial charge on any atom is -0.444 e. The first-order chi connectivity index (χ1) is 11.4. The number of benzene rings is 1. The monoisotopic (exact) mass is 332 g/mol. The van der Waals surface area contributed by atoms with E-state index in [1.165, 1.54) is 0 Å². The Kier molecular flexibility index (Phi) is 6.40. The molecule has 132 valence electrons. The second kappa shape index (κ2) is 8.31. The first kappa shape index (κ1) is 18.5. The number of nitrogens with zero attached hydrogens (tertiary/aromatic N) is 1. The van der Waals surface area contributed by atoms with Gasteiger partial charge in [-0.15, -0.1) is 6.58 Å². The second-order valence-corrected chi connectivity index (χ2v) is 7.04. The summed E-state index contributed by atoms with van der Waals surface area (Å²) >= 11 is 0. The van der Waals surface area contributed by atoms with Gasteiger partial charge in [-0.05, 0) is 26.3 Å². The molecule has 1 aromatic carbocycles. The smallest absolute Gasteiger partial charge is 0.410 e. The molecule has 1 heterocycles. The molecule has 1 aliphatic rings. The Hall–Kier alpha value is -1.85. The van der Waals surface area contributed by atoms with E-state index in [-0.39, 0.29) is 18.2 Å². The zero-order valence-corrected chi connectivity index (χ0v) is 14.8. The topological polar surface area (TPSA) is 50.8 Å². The molecule has 0 radical (unpaired) electrons. The molecule has 2 atom stereocenters. The average molecular weight is 332 g/mol. The number of ether oxygens (including phenoxy) is 2. The predicted octanol–water partition coefficient (Wildman–Crippen LogP) is 2.97. The lowest BCUT2D eigenvalue weighted by molar-refractivity contribution is 0.00507. The molecule has 0 aliphatic carbocycles. The van der Waals surface area contributed by atoms with Crippen LogP contribution in [0.5, 0.6) is 0 Å². The molecular weight excluding hydrogens is 304 g/mol. The van der Waals surface area contributed by atoms with Crippen LogP contribution >= 0.6 is 0 Å². The Morgan fingerprint density at radius 3 is 2.71 bits per heavy atom. The third-order valence-corrected chi connectivity index (χ3v) is 3.76. The van der Waals surface area contributed by atoms with E-state index in [0.717, 1.165) is 5.56 Å². The van der Waals surface area contributed by atoms with Gasteiger partial charge in [-0.25, -0.2) is 4.79 Å². The number of rotatable bonds is 5. The number of hydrogen-bond donors (Lipinski definition) is 1. The first-order valence-electron chi connectivity index (χ1n) is 8.36. The maximum Gasteiger partial charge on any atom is 0.410 e. The lowest BCUT2D eigenvalue weighted by Crippen LogP contribution is -2.59. The highest BCUT2D eigenvalue weighted by Crippen LogP contribution is 2.15. The quantitative estimate of drug-likeness (QED) is 0.842. The summed E-state index contributed by atoms with van der Waals surface area (Å²) in [5, 5.41) is 3.41. The molecule has 0 saturated carbocycles. The van der Waals surface area contributed by atoms with Crippen molar-refractivity contribution < 1.29 is 14.3 Å². The van der Waals surface area contributed by atoms with Crippen LogP contribution in [0.2, 0.25) is 0 Å². The van der Waals surface area contributed by atoms with Crippen LogP contribution in [0.4, 0.5) is 4.79 Å². The number of piperazine rings is 1. The number of hydrogen-bond acceptors (Lipinski definition) is 4. The van der Waals surface area contributed by atoms with Gasteiger partial charge in [0.1, 0.15) is 5.60 Å². The van der Waals surface area contributed by atoms with E-state index in [1.807, 2.05) is 51.1 Å². The molecule has 0 spiro atoms. The van der Waals surface area contributed by atoms with Gasteiger partial charge in [0.25, 0.3) is 0 Å². The maximum absolute atomic E-state index is 12.4. The number of amides is 1. The largest absolute Gasteiger partial charge is 0.444 e. The third kappa shape index (κ3) is 5.65. The summed E-state index contributed by atoms with van der Waals surface area (Å²) in [7, 11) is 0. The minimum atomic E-state index is -0.507. The van der Waals surface area contributed by atoms with E-state index < -0.39 is 5.60 Å². The van der Waals surface area contributed by atoms with Crippen LogP contribution in [0.1, 0.15) is 26.3 Å². The standard InChI is InChI=1S/C19H28N2O3/c1-5-17-11-20-16(12-21(17)18(22)24-19(2,3)4)14-23-13-15-9-7-6-8-10-15/h5-10,16-17,20H,1,11-14H2,2-4H3. The highest BCUT2D eigenvalue weighted by molar-refractivity contribution is 5.69. The van der Waals surface area contributed by atoms with Gasteiger partial charge < -0.3 is 14.8 Å². The summed E-state index contributed by atoms with van der Waals surface area (Å²) in [4.78, 5) is 14.1. The number of carbonyl (C=O) groups is 1. The molecule has 2 rings (SSSR count). The minimum absolute atomic E-state index is 0.0646. The summed E-state index contributed by atoms with van der Waals surface area (Å²) in [5.41, 5.74) is 0.633. The molecule has 1 aromatic rings. The first-order valence-corrected chi connectivity index (χ1v) is 8.36. The third-order valence-electron chi connectivity index (χ3n) is 3.76. The molecule has 5 heteroatoms. The predicted molar refractivity (Wildman–Crippen MR) is 94.8 cm³/mol. The normalized spacial score (nSPS) is 21.4. The summed E-state index contributed by atoms with van der Waals surface area (Å²) in [6.07, 6.45) is 1.47. The van der Waals surface area contributed by atoms with Crippen LogP contribution in [0.15, 0.2) is 43.0 Å². The van der Waals surface area contributed by atoms with Crippen molar-refractivity contribution in [3.05, 3.63) is 48.6 Å². The van der Waals surface area contributed by atoms with Crippen molar-refractivity contribution in [3.63, 3.8) is 0 Å². The van der Waals surface area contributed by atoms with Gasteiger partial charge in [0.05, 0.1) is 19.3 Å². The molecule has 0 bridgehead atoms. The number of carbonyl (C=O) groups excluding carboxylic acids is 1. The van der Waals surface area contributed by atoms with E-state index in [0.29, 0.717) is 26.3 Å². The van der Waals surface area contributed by atoms with Crippen molar-refractivity contribution >= 4 is 6.09 Å². The van der Waals surface area contributed by atoms with Crippen molar-refractivity contribution in [3.8, 4) is 0 Å². The van der Waals surface area contributed by atoms with Crippen molar-refractivity contribution in [1.29, 1.82) is 0 Å². The van der Waals surface area contributed by atoms with Crippen LogP contribution in [0, 0.1) is 0 Å². The van der Waals surface area contributed by atoms with Gasteiger partial charge in [0, 0.05) is 19.1 Å². The van der Waals surface area contributed by atoms with Crippen LogP contribution in [0.25, 0.3) is 0 Å². The van der Waals surface area contributed by atoms with Crippen LogP contribution in [-0.4, -0.2) is 48.4 Å². The molecule has 1 saturated heterocycles. The highest BCUT2D eigenvalue weighted by atomic mass is 16.6. The molecule has 1 amide bonds. The van der Waals surface area contributed by atoms with E-state index in [2.05, 4.69) is 11.9 Å². The molecule has 1 N–H and O–H groups in total. The Labute approximate surface area is 144 Å². The zero-order valence-electron chi connectivity index (χ0n) is 14.8. The summed E-state index contributed by atoms with van der Waals surface area (Å²) in [5.74, 6) is 0. The summed E-state index contributed by atoms with van der Waals surface area (Å²) in [6, 6.07) is 10.1. The van der Waals surface area contributed by atoms with Crippen LogP contribution in [0.3, 0.4) is 0 Å². The van der Waals surface area contributed by atoms with Gasteiger partial charge in [0.2, 0.25) is 0 Å². The van der Waals surface area contributed by atoms with Crippen LogP contribution < -0.4 is 5.32 Å². The zero-order chi connectivity index (χ0) is 17.6. The fraction of sp³-hybridized carbons (Fsp3) is 0.526. The fourth-order valence-corrected chi connectivity index (χ4v) is 2.58. The Bertz CT molecular complexity index is 539. The molecule has 0 aromatic heterocycles. The van der Waals surface area contributed by atoms with E-state index in [9.17, 15) is 4.79 Å². The van der Waals surface area contributed by atoms with Crippen molar-refractivity contribution in [2.45, 2.75) is 45.1 Å². The molecule has 1 aliphatic heterocycles. The Morgan fingerprint density at radius 1 is 1.38 bits per heavy atom. The molecule has 5 nitrogen and oxygen atoms in total. The lowest BCUT2D eigenvalue weighted by atomic mass is 10.1. The maximum atomic E-state index is 12.4. The molecule has 1 fully saturated rings. The van der Waals surface area contributed by atoms with Gasteiger partial charge in [-0.1, -0.05) is 36.4 Å². The van der Waals surface area contributed by atoms with E-state index in [4.69, 9.17) is 9.47 Å². The molecule has 2 unspecified atom stereocenters. The van der Waals surface area contributed by atoms with Gasteiger partial charge >= 0.3 is 6.09 Å². The summed E-state index contributed by atoms with van der Waals surface area (Å²) < 4.78 is 11.3. The number of nitrogens with one attached hydrogen (secondary N) is 1. The van der Waals surface area contributed by atoms with E-state index in [1.54, 1.807) is 11.0 Å². The highest BCUT2D eigenvalue weighted by Gasteiger charge is 2.32. The fourth-order valence-electron chi connectivity index (χ4n) is 2.58.